The van der Waals surface area contributed by atoms with Crippen LogP contribution in [0.1, 0.15) is 45.9 Å². The second kappa shape index (κ2) is 5.13. The number of likely N-dealkylation sites (tertiary alicyclic amines) is 1. The number of ether oxygens (including phenoxy) is 1. The maximum atomic E-state index is 12.7. The summed E-state index contributed by atoms with van der Waals surface area (Å²) in [4.78, 5) is 22.5. The van der Waals surface area contributed by atoms with Crippen molar-refractivity contribution >= 4 is 5.97 Å². The van der Waals surface area contributed by atoms with Crippen molar-refractivity contribution in [1.82, 2.24) is 14.9 Å². The average molecular weight is 291 g/mol. The van der Waals surface area contributed by atoms with Gasteiger partial charge in [-0.15, -0.1) is 0 Å². The van der Waals surface area contributed by atoms with Crippen LogP contribution in [0.15, 0.2) is 12.4 Å². The van der Waals surface area contributed by atoms with Crippen molar-refractivity contribution in [3.63, 3.8) is 0 Å². The number of rotatable bonds is 3. The lowest BCUT2D eigenvalue weighted by Crippen LogP contribution is -2.41. The summed E-state index contributed by atoms with van der Waals surface area (Å²) >= 11 is 0. The van der Waals surface area contributed by atoms with Gasteiger partial charge in [-0.1, -0.05) is 6.42 Å². The third-order valence-corrected chi connectivity index (χ3v) is 4.67. The van der Waals surface area contributed by atoms with Gasteiger partial charge in [0.15, 0.2) is 0 Å². The van der Waals surface area contributed by atoms with Crippen molar-refractivity contribution in [2.75, 3.05) is 13.1 Å². The number of imidazole rings is 1. The van der Waals surface area contributed by atoms with E-state index in [1.54, 1.807) is 6.20 Å². The molecule has 5 nitrogen and oxygen atoms in total. The van der Waals surface area contributed by atoms with E-state index in [0.29, 0.717) is 5.92 Å². The first kappa shape index (κ1) is 14.6. The van der Waals surface area contributed by atoms with Crippen LogP contribution in [0.5, 0.6) is 0 Å². The maximum Gasteiger partial charge on any atom is 0.314 e. The molecule has 1 aromatic rings. The Morgan fingerprint density at radius 3 is 3.05 bits per heavy atom. The fraction of sp³-hybridized carbons (Fsp3) is 0.750. The first-order valence-electron chi connectivity index (χ1n) is 7.83. The van der Waals surface area contributed by atoms with Crippen molar-refractivity contribution in [1.29, 1.82) is 0 Å². The number of carbonyl (C=O) groups is 1. The van der Waals surface area contributed by atoms with E-state index in [2.05, 4.69) is 14.9 Å². The molecule has 5 heteroatoms. The Bertz CT molecular complexity index is 506. The monoisotopic (exact) mass is 291 g/mol. The standard InChI is InChI=1S/C16H25N3O2/c1-15(2,3)21-14(20)16-6-4-5-12(16)9-19(11-16)10-13-17-7-8-18-13/h7-8,12H,4-6,9-11H2,1-3H3,(H,17,18)/t12-,16+/m0/s1. The number of H-pyrrole nitrogens is 1. The Kier molecular flexibility index (Phi) is 3.56. The summed E-state index contributed by atoms with van der Waals surface area (Å²) in [6.07, 6.45) is 6.85. The second-order valence-electron chi connectivity index (χ2n) is 7.45. The van der Waals surface area contributed by atoms with Gasteiger partial charge in [-0.3, -0.25) is 9.69 Å². The zero-order valence-corrected chi connectivity index (χ0v) is 13.2. The number of nitrogens with zero attached hydrogens (tertiary/aromatic N) is 2. The molecule has 1 aliphatic heterocycles. The summed E-state index contributed by atoms with van der Waals surface area (Å²) in [5.74, 6) is 1.40. The fourth-order valence-corrected chi connectivity index (χ4v) is 3.82. The maximum absolute atomic E-state index is 12.7. The lowest BCUT2D eigenvalue weighted by molar-refractivity contribution is -0.168. The quantitative estimate of drug-likeness (QED) is 0.869. The van der Waals surface area contributed by atoms with Crippen molar-refractivity contribution in [2.24, 2.45) is 11.3 Å². The van der Waals surface area contributed by atoms with E-state index in [1.165, 1.54) is 0 Å². The molecule has 1 aliphatic carbocycles. The second-order valence-corrected chi connectivity index (χ2v) is 7.45. The molecule has 2 aliphatic rings. The van der Waals surface area contributed by atoms with Gasteiger partial charge in [-0.2, -0.15) is 0 Å². The summed E-state index contributed by atoms with van der Waals surface area (Å²) in [5, 5.41) is 0. The Morgan fingerprint density at radius 1 is 1.57 bits per heavy atom. The Balaban J connectivity index is 1.72. The van der Waals surface area contributed by atoms with Crippen molar-refractivity contribution < 1.29 is 9.53 Å². The van der Waals surface area contributed by atoms with Crippen LogP contribution in [0, 0.1) is 11.3 Å². The number of esters is 1. The van der Waals surface area contributed by atoms with Crippen molar-refractivity contribution in [2.45, 2.75) is 52.2 Å². The minimum absolute atomic E-state index is 0.000514. The van der Waals surface area contributed by atoms with Crippen molar-refractivity contribution in [3.8, 4) is 0 Å². The van der Waals surface area contributed by atoms with Crippen LogP contribution in [0.3, 0.4) is 0 Å². The molecule has 0 radical (unpaired) electrons. The molecule has 1 saturated heterocycles. The molecular weight excluding hydrogens is 266 g/mol. The van der Waals surface area contributed by atoms with E-state index >= 15 is 0 Å². The van der Waals surface area contributed by atoms with Gasteiger partial charge in [0.1, 0.15) is 11.4 Å². The highest BCUT2D eigenvalue weighted by molar-refractivity contribution is 5.79. The normalized spacial score (nSPS) is 29.6. The molecule has 1 N–H and O–H groups in total. The molecule has 2 heterocycles. The molecule has 0 spiro atoms. The molecule has 2 fully saturated rings. The molecule has 0 aromatic carbocycles. The van der Waals surface area contributed by atoms with Gasteiger partial charge in [0.25, 0.3) is 0 Å². The summed E-state index contributed by atoms with van der Waals surface area (Å²) < 4.78 is 5.72. The van der Waals surface area contributed by atoms with Gasteiger partial charge in [0.05, 0.1) is 12.0 Å². The minimum atomic E-state index is -0.409. The van der Waals surface area contributed by atoms with Gasteiger partial charge in [-0.05, 0) is 39.5 Å². The van der Waals surface area contributed by atoms with Crippen LogP contribution in [0.2, 0.25) is 0 Å². The fourth-order valence-electron chi connectivity index (χ4n) is 3.82. The van der Waals surface area contributed by atoms with Crippen LogP contribution >= 0.6 is 0 Å². The van der Waals surface area contributed by atoms with Gasteiger partial charge in [-0.25, -0.2) is 4.98 Å². The number of nitrogens with one attached hydrogen (secondary N) is 1. The van der Waals surface area contributed by atoms with Gasteiger partial charge < -0.3 is 9.72 Å². The highest BCUT2D eigenvalue weighted by Crippen LogP contribution is 2.50. The van der Waals surface area contributed by atoms with Crippen LogP contribution in [0.4, 0.5) is 0 Å². The zero-order valence-electron chi connectivity index (χ0n) is 13.2. The third kappa shape index (κ3) is 2.84. The van der Waals surface area contributed by atoms with E-state index in [-0.39, 0.29) is 11.4 Å². The van der Waals surface area contributed by atoms with E-state index in [0.717, 1.165) is 44.7 Å². The number of aromatic amines is 1. The first-order valence-corrected chi connectivity index (χ1v) is 7.83. The molecule has 1 aromatic heterocycles. The molecule has 3 rings (SSSR count). The highest BCUT2D eigenvalue weighted by atomic mass is 16.6. The number of carbonyl (C=O) groups excluding carboxylic acids is 1. The van der Waals surface area contributed by atoms with E-state index < -0.39 is 5.60 Å². The average Bonchev–Trinajstić information content (AvgIpc) is 3.01. The smallest absolute Gasteiger partial charge is 0.314 e. The Labute approximate surface area is 126 Å². The zero-order chi connectivity index (χ0) is 15.1. The molecule has 0 bridgehead atoms. The lowest BCUT2D eigenvalue weighted by atomic mass is 9.80. The molecule has 0 unspecified atom stereocenters. The molecule has 116 valence electrons. The third-order valence-electron chi connectivity index (χ3n) is 4.67. The molecule has 2 atom stereocenters. The highest BCUT2D eigenvalue weighted by Gasteiger charge is 2.56. The van der Waals surface area contributed by atoms with Crippen LogP contribution in [-0.4, -0.2) is 39.5 Å². The van der Waals surface area contributed by atoms with E-state index in [4.69, 9.17) is 4.74 Å². The predicted molar refractivity (Wildman–Crippen MR) is 79.5 cm³/mol. The molecular formula is C16H25N3O2. The van der Waals surface area contributed by atoms with Crippen LogP contribution in [-0.2, 0) is 16.1 Å². The van der Waals surface area contributed by atoms with Gasteiger partial charge >= 0.3 is 5.97 Å². The Morgan fingerprint density at radius 2 is 2.38 bits per heavy atom. The lowest BCUT2D eigenvalue weighted by Gasteiger charge is -2.31. The number of fused-ring (bicyclic) bond motifs is 1. The minimum Gasteiger partial charge on any atom is -0.459 e. The topological polar surface area (TPSA) is 58.2 Å². The van der Waals surface area contributed by atoms with Crippen LogP contribution < -0.4 is 0 Å². The van der Waals surface area contributed by atoms with E-state index in [9.17, 15) is 4.79 Å². The summed E-state index contributed by atoms with van der Waals surface area (Å²) in [5.41, 5.74) is -0.701. The number of aromatic nitrogens is 2. The summed E-state index contributed by atoms with van der Waals surface area (Å²) in [6, 6.07) is 0. The summed E-state index contributed by atoms with van der Waals surface area (Å²) in [7, 11) is 0. The van der Waals surface area contributed by atoms with Crippen molar-refractivity contribution in [3.05, 3.63) is 18.2 Å². The van der Waals surface area contributed by atoms with Crippen LogP contribution in [0.25, 0.3) is 0 Å². The molecule has 21 heavy (non-hydrogen) atoms. The predicted octanol–water partition coefficient (Wildman–Crippen LogP) is 2.35. The first-order chi connectivity index (χ1) is 9.89. The Hall–Kier alpha value is -1.36. The molecule has 0 amide bonds. The van der Waals surface area contributed by atoms with E-state index in [1.807, 2.05) is 27.0 Å². The summed E-state index contributed by atoms with van der Waals surface area (Å²) in [6.45, 7) is 8.39. The molecule has 1 saturated carbocycles. The SMILES string of the molecule is CC(C)(C)OC(=O)[C@@]12CCC[C@H]1CN(Cc1ncc[nH]1)C2. The van der Waals surface area contributed by atoms with Gasteiger partial charge in [0.2, 0.25) is 0 Å². The number of hydrogen-bond acceptors (Lipinski definition) is 4. The van der Waals surface area contributed by atoms with Gasteiger partial charge in [0, 0.05) is 25.5 Å². The largest absolute Gasteiger partial charge is 0.459 e. The number of hydrogen-bond donors (Lipinski definition) is 1.